The van der Waals surface area contributed by atoms with Gasteiger partial charge in [-0.3, -0.25) is 14.4 Å². The first-order chi connectivity index (χ1) is 14.3. The van der Waals surface area contributed by atoms with Crippen molar-refractivity contribution in [2.24, 2.45) is 11.7 Å². The van der Waals surface area contributed by atoms with Gasteiger partial charge in [0.1, 0.15) is 5.54 Å². The van der Waals surface area contributed by atoms with Crippen LogP contribution in [0, 0.1) is 5.92 Å². The number of β-amino-alcohol motifs (C(OH)–C–C–N with tert-alkyl or cyclic N) is 1. The number of amides is 2. The number of benzene rings is 1. The summed E-state index contributed by atoms with van der Waals surface area (Å²) in [5.41, 5.74) is 4.98. The summed E-state index contributed by atoms with van der Waals surface area (Å²) in [6.07, 6.45) is 0.881. The van der Waals surface area contributed by atoms with E-state index in [4.69, 9.17) is 5.73 Å². The van der Waals surface area contributed by atoms with Crippen LogP contribution in [0.15, 0.2) is 24.3 Å². The Labute approximate surface area is 179 Å². The Morgan fingerprint density at radius 1 is 1.37 bits per heavy atom. The monoisotopic (exact) mass is 432 g/mol. The molecule has 1 aliphatic rings. The lowest BCUT2D eigenvalue weighted by Gasteiger charge is -2.40. The van der Waals surface area contributed by atoms with E-state index in [1.54, 1.807) is 0 Å². The van der Waals surface area contributed by atoms with E-state index < -0.39 is 23.5 Å². The van der Waals surface area contributed by atoms with Gasteiger partial charge < -0.3 is 21.1 Å². The normalized spacial score (nSPS) is 22.4. The topological polar surface area (TPSA) is 126 Å². The van der Waals surface area contributed by atoms with Crippen LogP contribution in [0.1, 0.15) is 42.4 Å². The van der Waals surface area contributed by atoms with E-state index in [0.29, 0.717) is 23.4 Å². The number of aliphatic hydroxyl groups excluding tert-OH is 1. The number of unbranched alkanes of at least 4 members (excludes halogenated alkanes) is 1. The molecule has 162 valence electrons. The molecule has 30 heavy (non-hydrogen) atoms. The number of ketones is 1. The molecule has 0 spiro atoms. The lowest BCUT2D eigenvalue weighted by Crippen LogP contribution is -2.61. The average molecular weight is 433 g/mol. The zero-order valence-electron chi connectivity index (χ0n) is 17.3. The molecular formula is C21H28N4O4S. The number of nitrogens with two attached hydrogens (primary N) is 1. The smallest absolute Gasteiger partial charge is 0.244 e. The van der Waals surface area contributed by atoms with E-state index in [1.165, 1.54) is 23.2 Å². The highest BCUT2D eigenvalue weighted by atomic mass is 32.1. The molecule has 1 aliphatic heterocycles. The average Bonchev–Trinajstić information content (AvgIpc) is 3.29. The van der Waals surface area contributed by atoms with Crippen LogP contribution in [0.3, 0.4) is 0 Å². The molecule has 1 aromatic carbocycles. The van der Waals surface area contributed by atoms with E-state index in [2.05, 4.69) is 10.3 Å². The van der Waals surface area contributed by atoms with Gasteiger partial charge in [-0.25, -0.2) is 4.98 Å². The lowest BCUT2D eigenvalue weighted by molar-refractivity contribution is -0.144. The SMILES string of the molecule is CNCCCCC(C(=O)c1nc2ccccc2s1)[C@]1(C(N)=O)C[C@@H](O)CN1C(C)=O. The predicted molar refractivity (Wildman–Crippen MR) is 115 cm³/mol. The van der Waals surface area contributed by atoms with E-state index in [1.807, 2.05) is 31.3 Å². The van der Waals surface area contributed by atoms with Crippen LogP contribution in [0.25, 0.3) is 10.2 Å². The minimum Gasteiger partial charge on any atom is -0.391 e. The molecular weight excluding hydrogens is 404 g/mol. The van der Waals surface area contributed by atoms with Crippen molar-refractivity contribution in [1.29, 1.82) is 0 Å². The molecule has 0 aliphatic carbocycles. The molecule has 2 aromatic rings. The number of rotatable bonds is 9. The molecule has 2 amide bonds. The van der Waals surface area contributed by atoms with Gasteiger partial charge in [-0.2, -0.15) is 0 Å². The molecule has 1 fully saturated rings. The molecule has 9 heteroatoms. The molecule has 1 saturated heterocycles. The number of likely N-dealkylation sites (tertiary alicyclic amines) is 1. The van der Waals surface area contributed by atoms with Crippen molar-refractivity contribution >= 4 is 39.2 Å². The fourth-order valence-corrected chi connectivity index (χ4v) is 5.38. The number of carbonyl (C=O) groups excluding carboxylic acids is 3. The molecule has 1 aromatic heterocycles. The second kappa shape index (κ2) is 9.20. The summed E-state index contributed by atoms with van der Waals surface area (Å²) < 4.78 is 0.873. The third-order valence-corrected chi connectivity index (χ3v) is 6.85. The summed E-state index contributed by atoms with van der Waals surface area (Å²) >= 11 is 1.27. The summed E-state index contributed by atoms with van der Waals surface area (Å²) in [6, 6.07) is 7.44. The molecule has 2 heterocycles. The molecule has 1 unspecified atom stereocenters. The van der Waals surface area contributed by atoms with Crippen molar-refractivity contribution in [3.8, 4) is 0 Å². The lowest BCUT2D eigenvalue weighted by atomic mass is 9.75. The van der Waals surface area contributed by atoms with Gasteiger partial charge in [0.25, 0.3) is 0 Å². The summed E-state index contributed by atoms with van der Waals surface area (Å²) in [4.78, 5) is 44.5. The number of hydrogen-bond donors (Lipinski definition) is 3. The fourth-order valence-electron chi connectivity index (χ4n) is 4.42. The van der Waals surface area contributed by atoms with Crippen LogP contribution in [0.2, 0.25) is 0 Å². The first kappa shape index (κ1) is 22.3. The molecule has 0 saturated carbocycles. The van der Waals surface area contributed by atoms with E-state index in [9.17, 15) is 19.5 Å². The summed E-state index contributed by atoms with van der Waals surface area (Å²) in [5.74, 6) is -2.32. The maximum Gasteiger partial charge on any atom is 0.244 e. The highest BCUT2D eigenvalue weighted by molar-refractivity contribution is 7.20. The van der Waals surface area contributed by atoms with Gasteiger partial charge in [0.2, 0.25) is 11.8 Å². The quantitative estimate of drug-likeness (QED) is 0.405. The van der Waals surface area contributed by atoms with Crippen LogP contribution >= 0.6 is 11.3 Å². The van der Waals surface area contributed by atoms with Gasteiger partial charge in [-0.15, -0.1) is 11.3 Å². The molecule has 0 bridgehead atoms. The molecule has 3 rings (SSSR count). The first-order valence-electron chi connectivity index (χ1n) is 10.1. The van der Waals surface area contributed by atoms with Gasteiger partial charge >= 0.3 is 0 Å². The summed E-state index contributed by atoms with van der Waals surface area (Å²) in [6.45, 7) is 2.08. The summed E-state index contributed by atoms with van der Waals surface area (Å²) in [7, 11) is 1.85. The molecule has 4 N–H and O–H groups in total. The first-order valence-corrected chi connectivity index (χ1v) is 10.9. The van der Waals surface area contributed by atoms with E-state index in [0.717, 1.165) is 17.7 Å². The number of aliphatic hydroxyl groups is 1. The predicted octanol–water partition coefficient (Wildman–Crippen LogP) is 1.32. The minimum absolute atomic E-state index is 0.0155. The number of nitrogens with one attached hydrogen (secondary N) is 1. The highest BCUT2D eigenvalue weighted by Crippen LogP contribution is 2.41. The van der Waals surface area contributed by atoms with Crippen LogP contribution in [-0.4, -0.2) is 64.4 Å². The van der Waals surface area contributed by atoms with Gasteiger partial charge in [0, 0.05) is 19.9 Å². The molecule has 0 radical (unpaired) electrons. The third kappa shape index (κ3) is 4.10. The number of nitrogens with zero attached hydrogens (tertiary/aromatic N) is 2. The van der Waals surface area contributed by atoms with Gasteiger partial charge in [0.05, 0.1) is 22.2 Å². The van der Waals surface area contributed by atoms with Crippen molar-refractivity contribution < 1.29 is 19.5 Å². The molecule has 8 nitrogen and oxygen atoms in total. The second-order valence-electron chi connectivity index (χ2n) is 7.78. The fraction of sp³-hybridized carbons (Fsp3) is 0.524. The summed E-state index contributed by atoms with van der Waals surface area (Å²) in [5, 5.41) is 13.7. The van der Waals surface area contributed by atoms with Gasteiger partial charge in [-0.1, -0.05) is 18.6 Å². The van der Waals surface area contributed by atoms with Crippen molar-refractivity contribution in [2.75, 3.05) is 20.1 Å². The Morgan fingerprint density at radius 2 is 2.10 bits per heavy atom. The molecule has 3 atom stereocenters. The Morgan fingerprint density at radius 3 is 2.73 bits per heavy atom. The number of fused-ring (bicyclic) bond motifs is 1. The van der Waals surface area contributed by atoms with Crippen molar-refractivity contribution in [3.05, 3.63) is 29.3 Å². The van der Waals surface area contributed by atoms with Crippen LogP contribution in [-0.2, 0) is 9.59 Å². The number of thiazole rings is 1. The minimum atomic E-state index is -1.56. The van der Waals surface area contributed by atoms with Crippen molar-refractivity contribution in [2.45, 2.75) is 44.2 Å². The maximum atomic E-state index is 13.7. The van der Waals surface area contributed by atoms with Gasteiger partial charge in [-0.05, 0) is 38.6 Å². The Bertz CT molecular complexity index is 913. The number of hydrogen-bond acceptors (Lipinski definition) is 7. The van der Waals surface area contributed by atoms with Crippen LogP contribution < -0.4 is 11.1 Å². The zero-order valence-corrected chi connectivity index (χ0v) is 18.1. The number of primary amides is 1. The second-order valence-corrected chi connectivity index (χ2v) is 8.81. The third-order valence-electron chi connectivity index (χ3n) is 5.80. The van der Waals surface area contributed by atoms with Crippen molar-refractivity contribution in [3.63, 3.8) is 0 Å². The number of para-hydroxylation sites is 1. The van der Waals surface area contributed by atoms with Gasteiger partial charge in [0.15, 0.2) is 10.8 Å². The van der Waals surface area contributed by atoms with Crippen molar-refractivity contribution in [1.82, 2.24) is 15.2 Å². The van der Waals surface area contributed by atoms with Crippen LogP contribution in [0.5, 0.6) is 0 Å². The standard InChI is InChI=1S/C21H28N4O4S/c1-13(26)25-12-14(27)11-21(25,20(22)29)15(7-5-6-10-23-2)18(28)19-24-16-8-3-4-9-17(16)30-19/h3-4,8-9,14-15,23,27H,5-7,10-12H2,1-2H3,(H2,22,29)/t14-,15?,21+/m1/s1. The largest absolute Gasteiger partial charge is 0.391 e. The number of carbonyl (C=O) groups is 3. The number of Topliss-reactive ketones (excluding diaryl/α,β-unsaturated/α-hetero) is 1. The zero-order chi connectivity index (χ0) is 21.9. The van der Waals surface area contributed by atoms with Crippen LogP contribution in [0.4, 0.5) is 0 Å². The Balaban J connectivity index is 2.04. The highest BCUT2D eigenvalue weighted by Gasteiger charge is 2.58. The van der Waals surface area contributed by atoms with E-state index in [-0.39, 0.29) is 24.7 Å². The number of aromatic nitrogens is 1. The maximum absolute atomic E-state index is 13.7. The Kier molecular flexibility index (Phi) is 6.84. The Hall–Kier alpha value is -2.36. The van der Waals surface area contributed by atoms with E-state index >= 15 is 0 Å².